The van der Waals surface area contributed by atoms with Crippen molar-refractivity contribution in [1.29, 1.82) is 0 Å². The Balaban J connectivity index is 2.14. The maximum atomic E-state index is 10.7. The molecule has 0 aliphatic heterocycles. The molecule has 0 saturated carbocycles. The average molecular weight is 328 g/mol. The fourth-order valence-corrected chi connectivity index (χ4v) is 2.55. The van der Waals surface area contributed by atoms with Crippen LogP contribution in [-0.4, -0.2) is 4.92 Å². The van der Waals surface area contributed by atoms with Crippen LogP contribution in [0.25, 0.3) is 0 Å². The number of non-ortho nitro benzene ring substituents is 1. The molecule has 0 bridgehead atoms. The van der Waals surface area contributed by atoms with Gasteiger partial charge in [0.2, 0.25) is 0 Å². The van der Waals surface area contributed by atoms with E-state index >= 15 is 0 Å². The van der Waals surface area contributed by atoms with Crippen LogP contribution in [0, 0.1) is 10.1 Å². The highest BCUT2D eigenvalue weighted by Gasteiger charge is 2.11. The molecular formula is C12H10BrNO3S. The van der Waals surface area contributed by atoms with Gasteiger partial charge >= 0.3 is 0 Å². The third kappa shape index (κ3) is 3.08. The molecule has 2 aromatic rings. The number of nitro benzene ring substituents is 1. The molecule has 0 spiro atoms. The zero-order valence-corrected chi connectivity index (χ0v) is 11.7. The summed E-state index contributed by atoms with van der Waals surface area (Å²) in [5, 5.41) is 15.2. The molecule has 0 fully saturated rings. The molecular weight excluding hydrogens is 318 g/mol. The van der Waals surface area contributed by atoms with Gasteiger partial charge in [-0.15, -0.1) is 0 Å². The number of benzene rings is 1. The summed E-state index contributed by atoms with van der Waals surface area (Å²) in [7, 11) is 0. The monoisotopic (exact) mass is 327 g/mol. The lowest BCUT2D eigenvalue weighted by molar-refractivity contribution is -0.384. The lowest BCUT2D eigenvalue weighted by Gasteiger charge is -2.09. The maximum absolute atomic E-state index is 10.7. The molecule has 0 unspecified atom stereocenters. The topological polar surface area (TPSA) is 52.4 Å². The molecule has 1 aromatic heterocycles. The summed E-state index contributed by atoms with van der Waals surface area (Å²) < 4.78 is 5.66. The highest BCUT2D eigenvalue weighted by Crippen LogP contribution is 2.27. The van der Waals surface area contributed by atoms with Gasteiger partial charge in [-0.05, 0) is 28.5 Å². The zero-order valence-electron chi connectivity index (χ0n) is 9.34. The van der Waals surface area contributed by atoms with Crippen LogP contribution in [0.2, 0.25) is 0 Å². The lowest BCUT2D eigenvalue weighted by atomic mass is 10.2. The third-order valence-corrected chi connectivity index (χ3v) is 3.71. The summed E-state index contributed by atoms with van der Waals surface area (Å²) in [6.45, 7) is 0.474. The standard InChI is InChI=1S/C12H10BrNO3S/c13-6-10-5-11(14(15)16)1-2-12(10)17-7-9-3-4-18-8-9/h1-5,8H,6-7H2. The first-order valence-electron chi connectivity index (χ1n) is 5.18. The van der Waals surface area contributed by atoms with Gasteiger partial charge in [0.25, 0.3) is 5.69 Å². The largest absolute Gasteiger partial charge is 0.489 e. The number of thiophene rings is 1. The van der Waals surface area contributed by atoms with E-state index in [1.165, 1.54) is 12.1 Å². The van der Waals surface area contributed by atoms with Crippen molar-refractivity contribution in [2.75, 3.05) is 0 Å². The minimum absolute atomic E-state index is 0.0762. The summed E-state index contributed by atoms with van der Waals surface area (Å²) in [4.78, 5) is 10.3. The zero-order chi connectivity index (χ0) is 13.0. The van der Waals surface area contributed by atoms with Gasteiger partial charge in [0, 0.05) is 23.0 Å². The van der Waals surface area contributed by atoms with Gasteiger partial charge in [0.1, 0.15) is 12.4 Å². The number of nitrogens with zero attached hydrogens (tertiary/aromatic N) is 1. The van der Waals surface area contributed by atoms with Gasteiger partial charge < -0.3 is 4.74 Å². The van der Waals surface area contributed by atoms with E-state index in [9.17, 15) is 10.1 Å². The molecule has 4 nitrogen and oxygen atoms in total. The fraction of sp³-hybridized carbons (Fsp3) is 0.167. The summed E-state index contributed by atoms with van der Waals surface area (Å²) in [5.41, 5.74) is 1.95. The normalized spacial score (nSPS) is 10.3. The van der Waals surface area contributed by atoms with Crippen molar-refractivity contribution < 1.29 is 9.66 Å². The van der Waals surface area contributed by atoms with E-state index in [-0.39, 0.29) is 5.69 Å². The highest BCUT2D eigenvalue weighted by molar-refractivity contribution is 9.08. The number of hydrogen-bond donors (Lipinski definition) is 0. The van der Waals surface area contributed by atoms with E-state index < -0.39 is 4.92 Å². The third-order valence-electron chi connectivity index (χ3n) is 2.37. The van der Waals surface area contributed by atoms with E-state index in [0.717, 1.165) is 11.1 Å². The van der Waals surface area contributed by atoms with Gasteiger partial charge in [-0.3, -0.25) is 10.1 Å². The minimum atomic E-state index is -0.408. The van der Waals surface area contributed by atoms with E-state index in [2.05, 4.69) is 15.9 Å². The predicted molar refractivity (Wildman–Crippen MR) is 74.4 cm³/mol. The molecule has 0 radical (unpaired) electrons. The second-order valence-electron chi connectivity index (χ2n) is 3.60. The Hall–Kier alpha value is -1.40. The van der Waals surface area contributed by atoms with Gasteiger partial charge in [0.15, 0.2) is 0 Å². The van der Waals surface area contributed by atoms with Crippen LogP contribution in [0.3, 0.4) is 0 Å². The Morgan fingerprint density at radius 2 is 2.22 bits per heavy atom. The van der Waals surface area contributed by atoms with E-state index in [1.807, 2.05) is 16.8 Å². The van der Waals surface area contributed by atoms with Crippen molar-refractivity contribution in [3.8, 4) is 5.75 Å². The van der Waals surface area contributed by atoms with Crippen molar-refractivity contribution >= 4 is 33.0 Å². The maximum Gasteiger partial charge on any atom is 0.270 e. The summed E-state index contributed by atoms with van der Waals surface area (Å²) in [6.07, 6.45) is 0. The molecule has 0 atom stereocenters. The van der Waals surface area contributed by atoms with Crippen LogP contribution in [0.4, 0.5) is 5.69 Å². The van der Waals surface area contributed by atoms with E-state index in [0.29, 0.717) is 17.7 Å². The van der Waals surface area contributed by atoms with Crippen molar-refractivity contribution in [2.24, 2.45) is 0 Å². The lowest BCUT2D eigenvalue weighted by Crippen LogP contribution is -1.98. The summed E-state index contributed by atoms with van der Waals surface area (Å²) in [6, 6.07) is 6.61. The Kier molecular flexibility index (Phi) is 4.33. The molecule has 2 rings (SSSR count). The summed E-state index contributed by atoms with van der Waals surface area (Å²) >= 11 is 4.92. The molecule has 0 aliphatic carbocycles. The quantitative estimate of drug-likeness (QED) is 0.471. The van der Waals surface area contributed by atoms with Gasteiger partial charge in [-0.2, -0.15) is 11.3 Å². The number of alkyl halides is 1. The van der Waals surface area contributed by atoms with Crippen LogP contribution in [-0.2, 0) is 11.9 Å². The van der Waals surface area contributed by atoms with Crippen LogP contribution in [0.15, 0.2) is 35.0 Å². The highest BCUT2D eigenvalue weighted by atomic mass is 79.9. The number of hydrogen-bond acceptors (Lipinski definition) is 4. The molecule has 94 valence electrons. The smallest absolute Gasteiger partial charge is 0.270 e. The molecule has 18 heavy (non-hydrogen) atoms. The summed E-state index contributed by atoms with van der Waals surface area (Å²) in [5.74, 6) is 0.670. The van der Waals surface area contributed by atoms with Crippen molar-refractivity contribution in [2.45, 2.75) is 11.9 Å². The average Bonchev–Trinajstić information content (AvgIpc) is 2.89. The molecule has 0 amide bonds. The van der Waals surface area contributed by atoms with Gasteiger partial charge in [0.05, 0.1) is 4.92 Å². The Morgan fingerprint density at radius 3 is 2.83 bits per heavy atom. The van der Waals surface area contributed by atoms with E-state index in [4.69, 9.17) is 4.74 Å². The number of halogens is 1. The van der Waals surface area contributed by atoms with E-state index in [1.54, 1.807) is 17.4 Å². The second-order valence-corrected chi connectivity index (χ2v) is 4.94. The van der Waals surface area contributed by atoms with Crippen LogP contribution in [0.5, 0.6) is 5.75 Å². The van der Waals surface area contributed by atoms with Crippen molar-refractivity contribution in [3.05, 3.63) is 56.3 Å². The first-order chi connectivity index (χ1) is 8.70. The minimum Gasteiger partial charge on any atom is -0.489 e. The Morgan fingerprint density at radius 1 is 1.39 bits per heavy atom. The van der Waals surface area contributed by atoms with Crippen molar-refractivity contribution in [3.63, 3.8) is 0 Å². The molecule has 0 N–H and O–H groups in total. The number of rotatable bonds is 5. The number of ether oxygens (including phenoxy) is 1. The van der Waals surface area contributed by atoms with Gasteiger partial charge in [-0.1, -0.05) is 15.9 Å². The number of nitro groups is 1. The Bertz CT molecular complexity index is 542. The Labute approximate surface area is 116 Å². The fourth-order valence-electron chi connectivity index (χ4n) is 1.46. The van der Waals surface area contributed by atoms with Crippen LogP contribution >= 0.6 is 27.3 Å². The van der Waals surface area contributed by atoms with Crippen molar-refractivity contribution in [1.82, 2.24) is 0 Å². The molecule has 1 aromatic carbocycles. The van der Waals surface area contributed by atoms with Gasteiger partial charge in [-0.25, -0.2) is 0 Å². The second kappa shape index (κ2) is 5.97. The predicted octanol–water partition coefficient (Wildman–Crippen LogP) is 4.13. The van der Waals surface area contributed by atoms with Crippen LogP contribution < -0.4 is 4.74 Å². The first-order valence-corrected chi connectivity index (χ1v) is 7.24. The molecule has 6 heteroatoms. The molecule has 1 heterocycles. The molecule has 0 saturated heterocycles. The first kappa shape index (κ1) is 13.0. The SMILES string of the molecule is O=[N+]([O-])c1ccc(OCc2ccsc2)c(CBr)c1. The molecule has 0 aliphatic rings. The van der Waals surface area contributed by atoms with Crippen LogP contribution in [0.1, 0.15) is 11.1 Å².